The molecule has 0 saturated carbocycles. The molecule has 0 rings (SSSR count). The van der Waals surface area contributed by atoms with E-state index in [1.807, 2.05) is 34.6 Å². The topological polar surface area (TPSA) is 114 Å². The molecule has 0 aromatic carbocycles. The van der Waals surface area contributed by atoms with E-state index in [9.17, 15) is 19.2 Å². The summed E-state index contributed by atoms with van der Waals surface area (Å²) < 4.78 is 5.07. The SMILES string of the molecule is CCCCC(=O)NC(C(=O)NCC(=O)NC(CC(C)C)C(=O)C(C)OC)C(C)C. The van der Waals surface area contributed by atoms with E-state index in [0.29, 0.717) is 12.8 Å². The molecular weight excluding hydrogens is 374 g/mol. The number of hydrogen-bond acceptors (Lipinski definition) is 5. The first-order valence-corrected chi connectivity index (χ1v) is 10.5. The van der Waals surface area contributed by atoms with Crippen LogP contribution in [0, 0.1) is 11.8 Å². The second kappa shape index (κ2) is 14.1. The number of rotatable bonds is 14. The van der Waals surface area contributed by atoms with Gasteiger partial charge in [-0.15, -0.1) is 0 Å². The van der Waals surface area contributed by atoms with E-state index in [0.717, 1.165) is 12.8 Å². The number of carbonyl (C=O) groups is 4. The van der Waals surface area contributed by atoms with E-state index in [-0.39, 0.29) is 30.1 Å². The summed E-state index contributed by atoms with van der Waals surface area (Å²) in [7, 11) is 1.44. The summed E-state index contributed by atoms with van der Waals surface area (Å²) in [6.45, 7) is 10.9. The molecule has 0 aromatic heterocycles. The zero-order valence-corrected chi connectivity index (χ0v) is 19.0. The van der Waals surface area contributed by atoms with Crippen LogP contribution in [0.1, 0.15) is 67.2 Å². The Hall–Kier alpha value is -1.96. The fraction of sp³-hybridized carbons (Fsp3) is 0.810. The highest BCUT2D eigenvalue weighted by Gasteiger charge is 2.27. The molecule has 0 aliphatic rings. The molecule has 0 spiro atoms. The van der Waals surface area contributed by atoms with Crippen LogP contribution in [-0.2, 0) is 23.9 Å². The van der Waals surface area contributed by atoms with Crippen LogP contribution in [0.5, 0.6) is 0 Å². The highest BCUT2D eigenvalue weighted by Crippen LogP contribution is 2.09. The number of carbonyl (C=O) groups excluding carboxylic acids is 4. The molecule has 168 valence electrons. The van der Waals surface area contributed by atoms with E-state index in [2.05, 4.69) is 16.0 Å². The number of hydrogen-bond donors (Lipinski definition) is 3. The van der Waals surface area contributed by atoms with Gasteiger partial charge < -0.3 is 20.7 Å². The lowest BCUT2D eigenvalue weighted by Gasteiger charge is -2.23. The van der Waals surface area contributed by atoms with Gasteiger partial charge in [0.05, 0.1) is 12.6 Å². The van der Waals surface area contributed by atoms with Crippen molar-refractivity contribution in [1.29, 1.82) is 0 Å². The van der Waals surface area contributed by atoms with Crippen molar-refractivity contribution in [3.8, 4) is 0 Å². The van der Waals surface area contributed by atoms with Gasteiger partial charge in [0.2, 0.25) is 17.7 Å². The molecule has 0 bridgehead atoms. The molecule has 8 heteroatoms. The van der Waals surface area contributed by atoms with Crippen molar-refractivity contribution in [2.24, 2.45) is 11.8 Å². The molecule has 0 fully saturated rings. The molecule has 3 amide bonds. The molecule has 29 heavy (non-hydrogen) atoms. The Bertz CT molecular complexity index is 548. The van der Waals surface area contributed by atoms with Crippen LogP contribution in [0.3, 0.4) is 0 Å². The molecule has 3 unspecified atom stereocenters. The maximum Gasteiger partial charge on any atom is 0.243 e. The second-order valence-electron chi connectivity index (χ2n) is 8.14. The van der Waals surface area contributed by atoms with Crippen molar-refractivity contribution in [3.05, 3.63) is 0 Å². The predicted octanol–water partition coefficient (Wildman–Crippen LogP) is 1.57. The number of Topliss-reactive ketones (excluding diaryl/α,β-unsaturated/α-hetero) is 1. The smallest absolute Gasteiger partial charge is 0.243 e. The summed E-state index contributed by atoms with van der Waals surface area (Å²) in [5.41, 5.74) is 0. The summed E-state index contributed by atoms with van der Waals surface area (Å²) in [5, 5.41) is 7.97. The lowest BCUT2D eigenvalue weighted by molar-refractivity contribution is -0.134. The third-order valence-corrected chi connectivity index (χ3v) is 4.59. The number of ether oxygens (including phenoxy) is 1. The van der Waals surface area contributed by atoms with Crippen LogP contribution >= 0.6 is 0 Å². The van der Waals surface area contributed by atoms with Crippen molar-refractivity contribution < 1.29 is 23.9 Å². The lowest BCUT2D eigenvalue weighted by atomic mass is 9.97. The van der Waals surface area contributed by atoms with Crippen LogP contribution in [-0.4, -0.2) is 55.3 Å². The zero-order valence-electron chi connectivity index (χ0n) is 19.0. The van der Waals surface area contributed by atoms with E-state index in [1.165, 1.54) is 7.11 Å². The average molecular weight is 414 g/mol. The predicted molar refractivity (Wildman–Crippen MR) is 112 cm³/mol. The van der Waals surface area contributed by atoms with Crippen LogP contribution in [0.4, 0.5) is 0 Å². The Kier molecular flexibility index (Phi) is 13.1. The highest BCUT2D eigenvalue weighted by molar-refractivity contribution is 5.94. The van der Waals surface area contributed by atoms with Crippen LogP contribution < -0.4 is 16.0 Å². The quantitative estimate of drug-likeness (QED) is 0.400. The molecule has 0 aliphatic carbocycles. The minimum atomic E-state index is -0.714. The summed E-state index contributed by atoms with van der Waals surface area (Å²) in [6.07, 6.45) is 1.87. The molecule has 0 aromatic rings. The monoisotopic (exact) mass is 413 g/mol. The molecule has 0 heterocycles. The Labute approximate surface area is 174 Å². The first kappa shape index (κ1) is 27.0. The van der Waals surface area contributed by atoms with Gasteiger partial charge in [-0.25, -0.2) is 0 Å². The minimum absolute atomic E-state index is 0.124. The molecule has 3 N–H and O–H groups in total. The molecular formula is C21H39N3O5. The van der Waals surface area contributed by atoms with E-state index in [4.69, 9.17) is 4.74 Å². The number of amides is 3. The van der Waals surface area contributed by atoms with Gasteiger partial charge in [0.15, 0.2) is 5.78 Å². The van der Waals surface area contributed by atoms with Gasteiger partial charge in [-0.05, 0) is 31.6 Å². The third-order valence-electron chi connectivity index (χ3n) is 4.59. The van der Waals surface area contributed by atoms with Gasteiger partial charge in [0.1, 0.15) is 12.1 Å². The summed E-state index contributed by atoms with van der Waals surface area (Å²) in [5.74, 6) is -1.18. The van der Waals surface area contributed by atoms with Gasteiger partial charge in [0.25, 0.3) is 0 Å². The number of ketones is 1. The molecule has 0 aliphatic heterocycles. The molecule has 0 radical (unpaired) electrons. The van der Waals surface area contributed by atoms with Crippen molar-refractivity contribution >= 4 is 23.5 Å². The second-order valence-corrected chi connectivity index (χ2v) is 8.14. The fourth-order valence-electron chi connectivity index (χ4n) is 2.76. The van der Waals surface area contributed by atoms with Crippen molar-refractivity contribution in [2.45, 2.75) is 85.4 Å². The minimum Gasteiger partial charge on any atom is -0.374 e. The van der Waals surface area contributed by atoms with Gasteiger partial charge in [-0.3, -0.25) is 19.2 Å². The largest absolute Gasteiger partial charge is 0.374 e. The number of unbranched alkanes of at least 4 members (excludes halogenated alkanes) is 1. The standard InChI is InChI=1S/C21H39N3O5/c1-8-9-10-17(25)24-19(14(4)5)21(28)22-12-18(26)23-16(11-13(2)3)20(27)15(6)29-7/h13-16,19H,8-12H2,1-7H3,(H,22,28)(H,23,26)(H,24,25). The Morgan fingerprint density at radius 1 is 0.931 bits per heavy atom. The van der Waals surface area contributed by atoms with Gasteiger partial charge in [-0.1, -0.05) is 41.0 Å². The number of methoxy groups -OCH3 is 1. The Morgan fingerprint density at radius 2 is 1.55 bits per heavy atom. The lowest BCUT2D eigenvalue weighted by Crippen LogP contribution is -2.53. The first-order valence-electron chi connectivity index (χ1n) is 10.5. The van der Waals surface area contributed by atoms with Crippen molar-refractivity contribution in [1.82, 2.24) is 16.0 Å². The van der Waals surface area contributed by atoms with E-state index < -0.39 is 30.0 Å². The van der Waals surface area contributed by atoms with Gasteiger partial charge >= 0.3 is 0 Å². The Balaban J connectivity index is 4.81. The van der Waals surface area contributed by atoms with Crippen LogP contribution in [0.15, 0.2) is 0 Å². The normalized spacial score (nSPS) is 14.2. The Morgan fingerprint density at radius 3 is 2.03 bits per heavy atom. The molecule has 8 nitrogen and oxygen atoms in total. The maximum atomic E-state index is 12.5. The van der Waals surface area contributed by atoms with Crippen LogP contribution in [0.25, 0.3) is 0 Å². The van der Waals surface area contributed by atoms with Crippen molar-refractivity contribution in [3.63, 3.8) is 0 Å². The van der Waals surface area contributed by atoms with E-state index >= 15 is 0 Å². The number of nitrogens with one attached hydrogen (secondary N) is 3. The maximum absolute atomic E-state index is 12.5. The highest BCUT2D eigenvalue weighted by atomic mass is 16.5. The third kappa shape index (κ3) is 11.0. The van der Waals surface area contributed by atoms with Crippen LogP contribution in [0.2, 0.25) is 0 Å². The summed E-state index contributed by atoms with van der Waals surface area (Å²) in [4.78, 5) is 49.1. The summed E-state index contributed by atoms with van der Waals surface area (Å²) >= 11 is 0. The first-order chi connectivity index (χ1) is 13.5. The zero-order chi connectivity index (χ0) is 22.6. The fourth-order valence-corrected chi connectivity index (χ4v) is 2.76. The van der Waals surface area contributed by atoms with Crippen molar-refractivity contribution in [2.75, 3.05) is 13.7 Å². The molecule has 0 saturated heterocycles. The van der Waals surface area contributed by atoms with Gasteiger partial charge in [-0.2, -0.15) is 0 Å². The van der Waals surface area contributed by atoms with Gasteiger partial charge in [0, 0.05) is 13.5 Å². The van der Waals surface area contributed by atoms with E-state index in [1.54, 1.807) is 6.92 Å². The average Bonchev–Trinajstić information content (AvgIpc) is 2.66. The summed E-state index contributed by atoms with van der Waals surface area (Å²) in [6, 6.07) is -1.39. The molecule has 3 atom stereocenters.